The lowest BCUT2D eigenvalue weighted by Crippen LogP contribution is -2.35. The highest BCUT2D eigenvalue weighted by atomic mass is 32.2. The molecule has 0 aliphatic carbocycles. The SMILES string of the molecule is CC1COc2ccccc2C1NCCSCCCO. The highest BCUT2D eigenvalue weighted by molar-refractivity contribution is 7.99. The van der Waals surface area contributed by atoms with Crippen LogP contribution in [0.1, 0.15) is 24.9 Å². The quantitative estimate of drug-likeness (QED) is 0.753. The first-order valence-electron chi connectivity index (χ1n) is 6.96. The summed E-state index contributed by atoms with van der Waals surface area (Å²) in [5.41, 5.74) is 1.28. The lowest BCUT2D eigenvalue weighted by Gasteiger charge is -2.32. The third kappa shape index (κ3) is 4.13. The van der Waals surface area contributed by atoms with Crippen molar-refractivity contribution in [3.63, 3.8) is 0 Å². The summed E-state index contributed by atoms with van der Waals surface area (Å²) in [4.78, 5) is 0. The number of aliphatic hydroxyl groups excluding tert-OH is 1. The number of hydrogen-bond acceptors (Lipinski definition) is 4. The Morgan fingerprint density at radius 2 is 2.21 bits per heavy atom. The van der Waals surface area contributed by atoms with Crippen LogP contribution in [0.2, 0.25) is 0 Å². The van der Waals surface area contributed by atoms with Gasteiger partial charge in [-0.1, -0.05) is 25.1 Å². The van der Waals surface area contributed by atoms with Crippen LogP contribution >= 0.6 is 11.8 Å². The lowest BCUT2D eigenvalue weighted by atomic mass is 9.92. The van der Waals surface area contributed by atoms with Crippen molar-refractivity contribution in [1.29, 1.82) is 0 Å². The molecule has 2 unspecified atom stereocenters. The molecule has 2 atom stereocenters. The molecule has 0 amide bonds. The second-order valence-corrected chi connectivity index (χ2v) is 6.17. The van der Waals surface area contributed by atoms with Gasteiger partial charge in [-0.05, 0) is 18.2 Å². The molecule has 0 saturated carbocycles. The van der Waals surface area contributed by atoms with Crippen molar-refractivity contribution in [3.05, 3.63) is 29.8 Å². The fourth-order valence-electron chi connectivity index (χ4n) is 2.36. The minimum atomic E-state index is 0.296. The van der Waals surface area contributed by atoms with Crippen molar-refractivity contribution in [2.75, 3.05) is 31.3 Å². The monoisotopic (exact) mass is 281 g/mol. The second-order valence-electron chi connectivity index (χ2n) is 4.95. The van der Waals surface area contributed by atoms with Crippen LogP contribution in [0.15, 0.2) is 24.3 Å². The van der Waals surface area contributed by atoms with Gasteiger partial charge in [0.2, 0.25) is 0 Å². The predicted octanol–water partition coefficient (Wildman–Crippen LogP) is 2.46. The number of benzene rings is 1. The minimum Gasteiger partial charge on any atom is -0.493 e. The zero-order chi connectivity index (χ0) is 13.5. The van der Waals surface area contributed by atoms with Crippen molar-refractivity contribution in [2.45, 2.75) is 19.4 Å². The number of hydrogen-bond donors (Lipinski definition) is 2. The zero-order valence-electron chi connectivity index (χ0n) is 11.5. The molecule has 1 aromatic rings. The molecule has 0 spiro atoms. The highest BCUT2D eigenvalue weighted by Crippen LogP contribution is 2.34. The number of fused-ring (bicyclic) bond motifs is 1. The number of ether oxygens (including phenoxy) is 1. The molecule has 3 nitrogen and oxygen atoms in total. The number of aliphatic hydroxyl groups is 1. The van der Waals surface area contributed by atoms with Crippen molar-refractivity contribution < 1.29 is 9.84 Å². The van der Waals surface area contributed by atoms with Crippen LogP contribution in [-0.2, 0) is 0 Å². The van der Waals surface area contributed by atoms with E-state index in [0.29, 0.717) is 18.6 Å². The van der Waals surface area contributed by atoms with Gasteiger partial charge in [-0.15, -0.1) is 0 Å². The van der Waals surface area contributed by atoms with Gasteiger partial charge in [0.25, 0.3) is 0 Å². The topological polar surface area (TPSA) is 41.5 Å². The smallest absolute Gasteiger partial charge is 0.124 e. The molecule has 4 heteroatoms. The molecular weight excluding hydrogens is 258 g/mol. The van der Waals surface area contributed by atoms with Crippen LogP contribution in [0.25, 0.3) is 0 Å². The maximum absolute atomic E-state index is 8.73. The first-order valence-corrected chi connectivity index (χ1v) is 8.12. The first-order chi connectivity index (χ1) is 9.33. The van der Waals surface area contributed by atoms with E-state index in [4.69, 9.17) is 9.84 Å². The standard InChI is InChI=1S/C15H23NO2S/c1-12-11-18-14-6-3-2-5-13(14)15(12)16-7-10-19-9-4-8-17/h2-3,5-6,12,15-17H,4,7-11H2,1H3. The van der Waals surface area contributed by atoms with Crippen molar-refractivity contribution in [2.24, 2.45) is 5.92 Å². The molecule has 1 aliphatic heterocycles. The van der Waals surface area contributed by atoms with Gasteiger partial charge >= 0.3 is 0 Å². The first kappa shape index (κ1) is 14.7. The average Bonchev–Trinajstić information content (AvgIpc) is 2.44. The molecule has 2 N–H and O–H groups in total. The van der Waals surface area contributed by atoms with Crippen molar-refractivity contribution >= 4 is 11.8 Å². The average molecular weight is 281 g/mol. The minimum absolute atomic E-state index is 0.296. The van der Waals surface area contributed by atoms with E-state index in [1.807, 2.05) is 23.9 Å². The predicted molar refractivity (Wildman–Crippen MR) is 80.9 cm³/mol. The van der Waals surface area contributed by atoms with Gasteiger partial charge < -0.3 is 15.2 Å². The van der Waals surface area contributed by atoms with Gasteiger partial charge in [0.1, 0.15) is 5.75 Å². The molecule has 0 fully saturated rings. The highest BCUT2D eigenvalue weighted by Gasteiger charge is 2.26. The maximum atomic E-state index is 8.73. The summed E-state index contributed by atoms with van der Waals surface area (Å²) in [5, 5.41) is 12.4. The normalized spacial score (nSPS) is 21.8. The number of nitrogens with one attached hydrogen (secondary N) is 1. The van der Waals surface area contributed by atoms with Crippen molar-refractivity contribution in [3.8, 4) is 5.75 Å². The molecule has 19 heavy (non-hydrogen) atoms. The van der Waals surface area contributed by atoms with Gasteiger partial charge in [0.05, 0.1) is 6.61 Å². The second kappa shape index (κ2) is 7.78. The van der Waals surface area contributed by atoms with E-state index in [1.54, 1.807) is 0 Å². The Morgan fingerprint density at radius 1 is 1.37 bits per heavy atom. The number of thioether (sulfide) groups is 1. The van der Waals surface area contributed by atoms with Crippen molar-refractivity contribution in [1.82, 2.24) is 5.32 Å². The Kier molecular flexibility index (Phi) is 6.01. The van der Waals surface area contributed by atoms with Gasteiger partial charge in [-0.3, -0.25) is 0 Å². The molecule has 1 aromatic carbocycles. The Morgan fingerprint density at radius 3 is 3.05 bits per heavy atom. The molecular formula is C15H23NO2S. The van der Waals surface area contributed by atoms with E-state index >= 15 is 0 Å². The van der Waals surface area contributed by atoms with Crippen LogP contribution < -0.4 is 10.1 Å². The fourth-order valence-corrected chi connectivity index (χ4v) is 3.16. The van der Waals surface area contributed by atoms with Gasteiger partial charge in [-0.2, -0.15) is 11.8 Å². The third-order valence-electron chi connectivity index (χ3n) is 3.38. The summed E-state index contributed by atoms with van der Waals surface area (Å²) < 4.78 is 5.75. The van der Waals surface area contributed by atoms with E-state index < -0.39 is 0 Å². The van der Waals surface area contributed by atoms with Crippen LogP contribution in [-0.4, -0.2) is 36.4 Å². The Bertz CT molecular complexity index is 386. The van der Waals surface area contributed by atoms with E-state index in [2.05, 4.69) is 24.4 Å². The maximum Gasteiger partial charge on any atom is 0.124 e. The molecule has 1 aliphatic rings. The summed E-state index contributed by atoms with van der Waals surface area (Å²) in [6.45, 7) is 4.31. The van der Waals surface area contributed by atoms with Crippen LogP contribution in [0, 0.1) is 5.92 Å². The molecule has 0 bridgehead atoms. The summed E-state index contributed by atoms with van der Waals surface area (Å²) in [6.07, 6.45) is 0.890. The van der Waals surface area contributed by atoms with E-state index in [9.17, 15) is 0 Å². The van der Waals surface area contributed by atoms with E-state index in [0.717, 1.165) is 36.8 Å². The van der Waals surface area contributed by atoms with Gasteiger partial charge in [0, 0.05) is 36.4 Å². The molecule has 106 valence electrons. The molecule has 0 saturated heterocycles. The Balaban J connectivity index is 1.82. The van der Waals surface area contributed by atoms with Crippen LogP contribution in [0.5, 0.6) is 5.75 Å². The molecule has 1 heterocycles. The molecule has 2 rings (SSSR count). The summed E-state index contributed by atoms with van der Waals surface area (Å²) in [7, 11) is 0. The number of rotatable bonds is 7. The number of para-hydroxylation sites is 1. The summed E-state index contributed by atoms with van der Waals surface area (Å²) in [6, 6.07) is 8.69. The lowest BCUT2D eigenvalue weighted by molar-refractivity contribution is 0.190. The summed E-state index contributed by atoms with van der Waals surface area (Å²) >= 11 is 1.90. The van der Waals surface area contributed by atoms with Crippen LogP contribution in [0.3, 0.4) is 0 Å². The fraction of sp³-hybridized carbons (Fsp3) is 0.600. The van der Waals surface area contributed by atoms with Gasteiger partial charge in [-0.25, -0.2) is 0 Å². The summed E-state index contributed by atoms with van der Waals surface area (Å²) in [5.74, 6) is 3.65. The zero-order valence-corrected chi connectivity index (χ0v) is 12.3. The Labute approximate surface area is 119 Å². The van der Waals surface area contributed by atoms with E-state index in [1.165, 1.54) is 5.56 Å². The van der Waals surface area contributed by atoms with E-state index in [-0.39, 0.29) is 0 Å². The van der Waals surface area contributed by atoms with Gasteiger partial charge in [0.15, 0.2) is 0 Å². The largest absolute Gasteiger partial charge is 0.493 e. The third-order valence-corrected chi connectivity index (χ3v) is 4.45. The Hall–Kier alpha value is -0.710. The van der Waals surface area contributed by atoms with Crippen LogP contribution in [0.4, 0.5) is 0 Å². The molecule has 0 radical (unpaired) electrons. The molecule has 0 aromatic heterocycles.